The minimum Gasteiger partial charge on any atom is -0.324 e. The number of hydrogen-bond acceptors (Lipinski definition) is 3. The Morgan fingerprint density at radius 3 is 3.05 bits per heavy atom. The lowest BCUT2D eigenvalue weighted by molar-refractivity contribution is 0.621. The van der Waals surface area contributed by atoms with Gasteiger partial charge in [0.15, 0.2) is 0 Å². The molecule has 3 aromatic rings. The molecule has 1 atom stereocenters. The number of benzene rings is 1. The maximum absolute atomic E-state index is 13.3. The van der Waals surface area contributed by atoms with E-state index in [1.807, 2.05) is 0 Å². The second-order valence-electron chi connectivity index (χ2n) is 4.55. The Balaban J connectivity index is 1.93. The van der Waals surface area contributed by atoms with E-state index in [2.05, 4.69) is 26.0 Å². The van der Waals surface area contributed by atoms with Gasteiger partial charge in [-0.1, -0.05) is 15.9 Å². The summed E-state index contributed by atoms with van der Waals surface area (Å²) >= 11 is 3.42. The van der Waals surface area contributed by atoms with Crippen LogP contribution in [0, 0.1) is 5.82 Å². The van der Waals surface area contributed by atoms with Gasteiger partial charge in [-0.25, -0.2) is 8.91 Å². The highest BCUT2D eigenvalue weighted by Crippen LogP contribution is 2.25. The van der Waals surface area contributed by atoms with Crippen LogP contribution in [0.15, 0.2) is 47.5 Å². The van der Waals surface area contributed by atoms with Gasteiger partial charge >= 0.3 is 0 Å². The van der Waals surface area contributed by atoms with Gasteiger partial charge in [0, 0.05) is 28.5 Å². The summed E-state index contributed by atoms with van der Waals surface area (Å²) in [6.07, 6.45) is 7.41. The lowest BCUT2D eigenvalue weighted by Gasteiger charge is -2.12. The van der Waals surface area contributed by atoms with Crippen molar-refractivity contribution in [3.05, 3.63) is 64.4 Å². The molecular formula is C14H12BrFN4. The zero-order valence-corrected chi connectivity index (χ0v) is 12.1. The van der Waals surface area contributed by atoms with Gasteiger partial charge in [-0.15, -0.1) is 0 Å². The monoisotopic (exact) mass is 334 g/mol. The van der Waals surface area contributed by atoms with Crippen molar-refractivity contribution >= 4 is 21.4 Å². The Labute approximate surface area is 123 Å². The molecule has 0 saturated carbocycles. The van der Waals surface area contributed by atoms with E-state index in [0.29, 0.717) is 6.42 Å². The van der Waals surface area contributed by atoms with Crippen LogP contribution >= 0.6 is 15.9 Å². The third-order valence-electron chi connectivity index (χ3n) is 3.20. The Kier molecular flexibility index (Phi) is 3.50. The van der Waals surface area contributed by atoms with Crippen molar-refractivity contribution in [3.63, 3.8) is 0 Å². The van der Waals surface area contributed by atoms with Gasteiger partial charge in [0.2, 0.25) is 0 Å². The first-order valence-corrected chi connectivity index (χ1v) is 6.91. The molecule has 2 heterocycles. The smallest absolute Gasteiger partial charge is 0.123 e. The summed E-state index contributed by atoms with van der Waals surface area (Å²) in [4.78, 5) is 4.08. The first kappa shape index (κ1) is 13.2. The molecule has 0 amide bonds. The van der Waals surface area contributed by atoms with Crippen molar-refractivity contribution in [2.45, 2.75) is 12.5 Å². The largest absolute Gasteiger partial charge is 0.324 e. The van der Waals surface area contributed by atoms with E-state index >= 15 is 0 Å². The fraction of sp³-hybridized carbons (Fsp3) is 0.143. The Hall–Kier alpha value is -1.79. The van der Waals surface area contributed by atoms with Crippen LogP contribution in [0.2, 0.25) is 0 Å². The van der Waals surface area contributed by atoms with Crippen LogP contribution in [0.25, 0.3) is 5.52 Å². The fourth-order valence-electron chi connectivity index (χ4n) is 2.19. The molecule has 102 valence electrons. The zero-order valence-electron chi connectivity index (χ0n) is 10.5. The summed E-state index contributed by atoms with van der Waals surface area (Å²) < 4.78 is 15.9. The first-order valence-electron chi connectivity index (χ1n) is 6.12. The average molecular weight is 335 g/mol. The zero-order chi connectivity index (χ0) is 14.1. The van der Waals surface area contributed by atoms with E-state index < -0.39 is 0 Å². The molecule has 3 rings (SSSR count). The number of hydrogen-bond donors (Lipinski definition) is 1. The highest BCUT2D eigenvalue weighted by atomic mass is 79.9. The van der Waals surface area contributed by atoms with E-state index in [9.17, 15) is 4.39 Å². The second kappa shape index (κ2) is 5.30. The van der Waals surface area contributed by atoms with Gasteiger partial charge in [-0.05, 0) is 30.2 Å². The van der Waals surface area contributed by atoms with Crippen molar-refractivity contribution in [2.24, 2.45) is 5.73 Å². The van der Waals surface area contributed by atoms with Crippen molar-refractivity contribution in [1.82, 2.24) is 14.6 Å². The van der Waals surface area contributed by atoms with E-state index in [-0.39, 0.29) is 11.9 Å². The average Bonchev–Trinajstić information content (AvgIpc) is 2.87. The lowest BCUT2D eigenvalue weighted by atomic mass is 10.0. The van der Waals surface area contributed by atoms with Crippen LogP contribution < -0.4 is 5.73 Å². The molecule has 0 spiro atoms. The number of aromatic nitrogens is 3. The van der Waals surface area contributed by atoms with Crippen LogP contribution in [0.3, 0.4) is 0 Å². The van der Waals surface area contributed by atoms with Gasteiger partial charge in [0.25, 0.3) is 0 Å². The molecular weight excluding hydrogens is 323 g/mol. The molecule has 0 aliphatic carbocycles. The van der Waals surface area contributed by atoms with Crippen LogP contribution in [0.4, 0.5) is 4.39 Å². The summed E-state index contributed by atoms with van der Waals surface area (Å²) in [5.41, 5.74) is 8.83. The molecule has 6 heteroatoms. The molecule has 0 radical (unpaired) electrons. The number of fused-ring (bicyclic) bond motifs is 1. The van der Waals surface area contributed by atoms with Crippen molar-refractivity contribution in [1.29, 1.82) is 0 Å². The molecule has 0 saturated heterocycles. The summed E-state index contributed by atoms with van der Waals surface area (Å²) in [7, 11) is 0. The molecule has 20 heavy (non-hydrogen) atoms. The Bertz CT molecular complexity index is 756. The third-order valence-corrected chi connectivity index (χ3v) is 3.98. The van der Waals surface area contributed by atoms with Crippen molar-refractivity contribution in [2.75, 3.05) is 0 Å². The normalized spacial score (nSPS) is 12.8. The van der Waals surface area contributed by atoms with Gasteiger partial charge in [0.1, 0.15) is 5.82 Å². The van der Waals surface area contributed by atoms with E-state index in [4.69, 9.17) is 5.73 Å². The van der Waals surface area contributed by atoms with Crippen molar-refractivity contribution in [3.8, 4) is 0 Å². The molecule has 1 aromatic carbocycles. The highest BCUT2D eigenvalue weighted by Gasteiger charge is 2.14. The van der Waals surface area contributed by atoms with Crippen LogP contribution in [-0.4, -0.2) is 14.6 Å². The van der Waals surface area contributed by atoms with Crippen LogP contribution in [0.5, 0.6) is 0 Å². The predicted octanol–water partition coefficient (Wildman–Crippen LogP) is 2.87. The van der Waals surface area contributed by atoms with Gasteiger partial charge in [-0.2, -0.15) is 5.10 Å². The van der Waals surface area contributed by atoms with Crippen LogP contribution in [0.1, 0.15) is 17.2 Å². The molecule has 0 fully saturated rings. The van der Waals surface area contributed by atoms with Gasteiger partial charge < -0.3 is 5.73 Å². The summed E-state index contributed by atoms with van der Waals surface area (Å²) in [5.74, 6) is -0.267. The molecule has 1 unspecified atom stereocenters. The van der Waals surface area contributed by atoms with Gasteiger partial charge in [-0.3, -0.25) is 4.98 Å². The fourth-order valence-corrected chi connectivity index (χ4v) is 2.59. The molecule has 2 N–H and O–H groups in total. The second-order valence-corrected chi connectivity index (χ2v) is 5.41. The predicted molar refractivity (Wildman–Crippen MR) is 77.7 cm³/mol. The van der Waals surface area contributed by atoms with Crippen molar-refractivity contribution < 1.29 is 4.39 Å². The number of halogens is 2. The summed E-state index contributed by atoms with van der Waals surface area (Å²) in [6, 6.07) is 4.33. The molecule has 0 aliphatic rings. The Morgan fingerprint density at radius 1 is 1.35 bits per heavy atom. The molecule has 0 bridgehead atoms. The molecule has 4 nitrogen and oxygen atoms in total. The summed E-state index contributed by atoms with van der Waals surface area (Å²) in [6.45, 7) is 0. The number of nitrogens with two attached hydrogens (primary N) is 1. The maximum Gasteiger partial charge on any atom is 0.123 e. The first-order chi connectivity index (χ1) is 9.65. The molecule has 2 aromatic heterocycles. The maximum atomic E-state index is 13.3. The topological polar surface area (TPSA) is 56.2 Å². The molecule has 0 aliphatic heterocycles. The number of rotatable bonds is 3. The minimum absolute atomic E-state index is 0.267. The lowest BCUT2D eigenvalue weighted by Crippen LogP contribution is -2.13. The van der Waals surface area contributed by atoms with E-state index in [0.717, 1.165) is 21.1 Å². The summed E-state index contributed by atoms with van der Waals surface area (Å²) in [5, 5.41) is 4.23. The highest BCUT2D eigenvalue weighted by molar-refractivity contribution is 9.10. The number of nitrogens with zero attached hydrogens (tertiary/aromatic N) is 3. The van der Waals surface area contributed by atoms with Gasteiger partial charge in [0.05, 0.1) is 17.9 Å². The van der Waals surface area contributed by atoms with E-state index in [1.54, 1.807) is 35.4 Å². The Morgan fingerprint density at radius 2 is 2.20 bits per heavy atom. The third kappa shape index (κ3) is 2.44. The SMILES string of the molecule is NC(Cc1cc(F)ccc1Br)c1cnn2ccncc12. The quantitative estimate of drug-likeness (QED) is 0.801. The van der Waals surface area contributed by atoms with E-state index in [1.165, 1.54) is 12.1 Å². The minimum atomic E-state index is -0.269. The standard InChI is InChI=1S/C14H12BrFN4/c15-12-2-1-10(16)5-9(12)6-13(17)11-7-19-20-4-3-18-8-14(11)20/h1-5,7-8,13H,6,17H2. The van der Waals surface area contributed by atoms with Crippen LogP contribution in [-0.2, 0) is 6.42 Å².